The predicted molar refractivity (Wildman–Crippen MR) is 85.4 cm³/mol. The molecule has 9 heteroatoms. The number of halogens is 1. The molecule has 0 saturated carbocycles. The third-order valence-electron chi connectivity index (χ3n) is 2.81. The normalized spacial score (nSPS) is 9.88. The SMILES string of the molecule is O=C(COC(=O)c1cc[n+]([O-])cc1)NNC(=O)c1ccccc1Br. The maximum atomic E-state index is 11.9. The maximum absolute atomic E-state index is 11.9. The number of carbonyl (C=O) groups excluding carboxylic acids is 3. The Hall–Kier alpha value is -2.94. The van der Waals surface area contributed by atoms with E-state index in [0.717, 1.165) is 12.4 Å². The van der Waals surface area contributed by atoms with Gasteiger partial charge in [0.1, 0.15) is 0 Å². The number of hydrazine groups is 1. The fourth-order valence-corrected chi connectivity index (χ4v) is 2.10. The first-order valence-electron chi connectivity index (χ1n) is 6.67. The second-order valence-electron chi connectivity index (χ2n) is 4.50. The van der Waals surface area contributed by atoms with Gasteiger partial charge in [0, 0.05) is 16.6 Å². The zero-order valence-corrected chi connectivity index (χ0v) is 13.8. The van der Waals surface area contributed by atoms with Crippen LogP contribution in [-0.4, -0.2) is 24.4 Å². The van der Waals surface area contributed by atoms with Gasteiger partial charge in [0.15, 0.2) is 19.0 Å². The Kier molecular flexibility index (Phi) is 5.85. The van der Waals surface area contributed by atoms with Crippen LogP contribution >= 0.6 is 15.9 Å². The Labute approximate surface area is 145 Å². The van der Waals surface area contributed by atoms with Crippen molar-refractivity contribution in [2.45, 2.75) is 0 Å². The summed E-state index contributed by atoms with van der Waals surface area (Å²) < 4.78 is 5.86. The summed E-state index contributed by atoms with van der Waals surface area (Å²) >= 11 is 3.22. The molecule has 2 amide bonds. The lowest BCUT2D eigenvalue weighted by Crippen LogP contribution is -2.43. The molecular formula is C15H12BrN3O5. The summed E-state index contributed by atoms with van der Waals surface area (Å²) in [6, 6.07) is 9.21. The number of pyridine rings is 1. The van der Waals surface area contributed by atoms with Gasteiger partial charge in [0.05, 0.1) is 11.1 Å². The summed E-state index contributed by atoms with van der Waals surface area (Å²) in [6.07, 6.45) is 2.27. The highest BCUT2D eigenvalue weighted by atomic mass is 79.9. The quantitative estimate of drug-likeness (QED) is 0.343. The van der Waals surface area contributed by atoms with Crippen molar-refractivity contribution >= 4 is 33.7 Å². The summed E-state index contributed by atoms with van der Waals surface area (Å²) in [5.74, 6) is -1.99. The van der Waals surface area contributed by atoms with Crippen molar-refractivity contribution in [1.29, 1.82) is 0 Å². The van der Waals surface area contributed by atoms with Crippen LogP contribution in [0, 0.1) is 5.21 Å². The van der Waals surface area contributed by atoms with Crippen LogP contribution in [0.2, 0.25) is 0 Å². The minimum atomic E-state index is -0.761. The van der Waals surface area contributed by atoms with Crippen LogP contribution in [0.1, 0.15) is 20.7 Å². The van der Waals surface area contributed by atoms with Gasteiger partial charge in [-0.2, -0.15) is 4.73 Å². The van der Waals surface area contributed by atoms with Gasteiger partial charge < -0.3 is 9.94 Å². The molecule has 0 fully saturated rings. The van der Waals surface area contributed by atoms with Crippen LogP contribution in [0.15, 0.2) is 53.3 Å². The molecule has 0 bridgehead atoms. The Balaban J connectivity index is 1.79. The van der Waals surface area contributed by atoms with Crippen molar-refractivity contribution in [2.75, 3.05) is 6.61 Å². The van der Waals surface area contributed by atoms with Crippen molar-refractivity contribution in [3.05, 3.63) is 69.6 Å². The number of aromatic nitrogens is 1. The number of hydrogen-bond donors (Lipinski definition) is 2. The average molecular weight is 394 g/mol. The molecule has 2 aromatic rings. The first-order chi connectivity index (χ1) is 11.5. The Morgan fingerprint density at radius 2 is 1.75 bits per heavy atom. The molecule has 0 unspecified atom stereocenters. The largest absolute Gasteiger partial charge is 0.619 e. The molecule has 8 nitrogen and oxygen atoms in total. The lowest BCUT2D eigenvalue weighted by molar-refractivity contribution is -0.605. The van der Waals surface area contributed by atoms with E-state index in [0.29, 0.717) is 14.8 Å². The number of esters is 1. The van der Waals surface area contributed by atoms with Crippen molar-refractivity contribution in [3.8, 4) is 0 Å². The molecular weight excluding hydrogens is 382 g/mol. The van der Waals surface area contributed by atoms with E-state index in [-0.39, 0.29) is 5.56 Å². The van der Waals surface area contributed by atoms with Crippen LogP contribution in [0.25, 0.3) is 0 Å². The number of ether oxygens (including phenoxy) is 1. The van der Waals surface area contributed by atoms with E-state index in [1.54, 1.807) is 24.3 Å². The number of amides is 2. The Morgan fingerprint density at radius 3 is 2.42 bits per heavy atom. The fourth-order valence-electron chi connectivity index (χ4n) is 1.64. The molecule has 1 aromatic carbocycles. The molecule has 1 heterocycles. The van der Waals surface area contributed by atoms with E-state index in [4.69, 9.17) is 4.74 Å². The molecule has 0 spiro atoms. The highest BCUT2D eigenvalue weighted by molar-refractivity contribution is 9.10. The summed E-state index contributed by atoms with van der Waals surface area (Å²) in [7, 11) is 0. The Bertz CT molecular complexity index is 764. The van der Waals surface area contributed by atoms with Crippen LogP contribution in [-0.2, 0) is 9.53 Å². The number of rotatable bonds is 4. The number of nitrogens with one attached hydrogen (secondary N) is 2. The van der Waals surface area contributed by atoms with Gasteiger partial charge in [0.25, 0.3) is 11.8 Å². The lowest BCUT2D eigenvalue weighted by atomic mass is 10.2. The highest BCUT2D eigenvalue weighted by Crippen LogP contribution is 2.15. The van der Waals surface area contributed by atoms with Crippen LogP contribution in [0.4, 0.5) is 0 Å². The average Bonchev–Trinajstić information content (AvgIpc) is 2.58. The van der Waals surface area contributed by atoms with Gasteiger partial charge in [-0.1, -0.05) is 12.1 Å². The maximum Gasteiger partial charge on any atom is 0.339 e. The standard InChI is InChI=1S/C15H12BrN3O5/c16-12-4-2-1-3-11(12)14(21)18-17-13(20)9-24-15(22)10-5-7-19(23)8-6-10/h1-8H,9H2,(H,17,20)(H,18,21). The summed E-state index contributed by atoms with van der Waals surface area (Å²) in [5, 5.41) is 10.9. The first-order valence-corrected chi connectivity index (χ1v) is 7.46. The molecule has 0 aliphatic carbocycles. The topological polar surface area (TPSA) is 111 Å². The van der Waals surface area contributed by atoms with E-state index >= 15 is 0 Å². The molecule has 0 aliphatic heterocycles. The number of hydrogen-bond acceptors (Lipinski definition) is 5. The summed E-state index contributed by atoms with van der Waals surface area (Å²) in [6.45, 7) is -0.582. The minimum absolute atomic E-state index is 0.132. The van der Waals surface area contributed by atoms with E-state index in [2.05, 4.69) is 26.8 Å². The molecule has 2 N–H and O–H groups in total. The lowest BCUT2D eigenvalue weighted by Gasteiger charge is -2.09. The second kappa shape index (κ2) is 8.06. The second-order valence-corrected chi connectivity index (χ2v) is 5.36. The molecule has 0 atom stereocenters. The van der Waals surface area contributed by atoms with Crippen molar-refractivity contribution in [2.24, 2.45) is 0 Å². The highest BCUT2D eigenvalue weighted by Gasteiger charge is 2.13. The smallest absolute Gasteiger partial charge is 0.339 e. The fraction of sp³-hybridized carbons (Fsp3) is 0.0667. The van der Waals surface area contributed by atoms with Crippen LogP contribution in [0.3, 0.4) is 0 Å². The van der Waals surface area contributed by atoms with E-state index in [1.165, 1.54) is 12.1 Å². The van der Waals surface area contributed by atoms with Crippen LogP contribution < -0.4 is 15.6 Å². The zero-order chi connectivity index (χ0) is 17.5. The zero-order valence-electron chi connectivity index (χ0n) is 12.2. The third kappa shape index (κ3) is 4.78. The molecule has 0 saturated heterocycles. The van der Waals surface area contributed by atoms with Gasteiger partial charge in [-0.3, -0.25) is 20.4 Å². The number of benzene rings is 1. The van der Waals surface area contributed by atoms with E-state index in [1.807, 2.05) is 0 Å². The molecule has 0 radical (unpaired) electrons. The van der Waals surface area contributed by atoms with Gasteiger partial charge in [-0.05, 0) is 28.1 Å². The van der Waals surface area contributed by atoms with Crippen molar-refractivity contribution < 1.29 is 23.9 Å². The Morgan fingerprint density at radius 1 is 1.08 bits per heavy atom. The molecule has 1 aromatic heterocycles. The van der Waals surface area contributed by atoms with Gasteiger partial charge in [-0.15, -0.1) is 0 Å². The first kappa shape index (κ1) is 17.4. The molecule has 2 rings (SSSR count). The monoisotopic (exact) mass is 393 g/mol. The molecule has 24 heavy (non-hydrogen) atoms. The number of nitrogens with zero attached hydrogens (tertiary/aromatic N) is 1. The van der Waals surface area contributed by atoms with Crippen molar-refractivity contribution in [1.82, 2.24) is 10.9 Å². The third-order valence-corrected chi connectivity index (χ3v) is 3.50. The minimum Gasteiger partial charge on any atom is -0.619 e. The predicted octanol–water partition coefficient (Wildman–Crippen LogP) is 0.701. The molecule has 124 valence electrons. The van der Waals surface area contributed by atoms with Gasteiger partial charge >= 0.3 is 5.97 Å². The van der Waals surface area contributed by atoms with E-state index < -0.39 is 24.4 Å². The van der Waals surface area contributed by atoms with Crippen molar-refractivity contribution in [3.63, 3.8) is 0 Å². The van der Waals surface area contributed by atoms with Crippen LogP contribution in [0.5, 0.6) is 0 Å². The van der Waals surface area contributed by atoms with E-state index in [9.17, 15) is 19.6 Å². The summed E-state index contributed by atoms with van der Waals surface area (Å²) in [5.41, 5.74) is 4.81. The van der Waals surface area contributed by atoms with Gasteiger partial charge in [0.2, 0.25) is 0 Å². The number of carbonyl (C=O) groups is 3. The summed E-state index contributed by atoms with van der Waals surface area (Å²) in [4.78, 5) is 35.1. The van der Waals surface area contributed by atoms with Gasteiger partial charge in [-0.25, -0.2) is 4.79 Å². The molecule has 0 aliphatic rings.